The number of halogens is 2. The van der Waals surface area contributed by atoms with Crippen molar-refractivity contribution in [2.45, 2.75) is 24.3 Å². The molecule has 0 N–H and O–H groups in total. The van der Waals surface area contributed by atoms with Crippen molar-refractivity contribution in [3.05, 3.63) is 44.8 Å². The molecule has 1 aromatic carbocycles. The number of thiazole rings is 1. The zero-order chi connectivity index (χ0) is 19.6. The first-order valence-electron chi connectivity index (χ1n) is 8.16. The van der Waals surface area contributed by atoms with E-state index in [1.165, 1.54) is 32.8 Å². The Bertz CT molecular complexity index is 902. The van der Waals surface area contributed by atoms with Crippen LogP contribution in [0.1, 0.15) is 23.8 Å². The smallest absolute Gasteiger partial charge is 0.362 e. The Morgan fingerprint density at radius 1 is 1.33 bits per heavy atom. The monoisotopic (exact) mass is 449 g/mol. The molecule has 1 atom stereocenters. The number of hydrogen-bond acceptors (Lipinski definition) is 7. The molecule has 1 aliphatic rings. The average Bonchev–Trinajstić information content (AvgIpc) is 3.16. The molecule has 1 fully saturated rings. The summed E-state index contributed by atoms with van der Waals surface area (Å²) in [6.07, 6.45) is 0.590. The highest BCUT2D eigenvalue weighted by molar-refractivity contribution is 7.89. The second-order valence-corrected chi connectivity index (χ2v) is 9.28. The molecule has 11 heteroatoms. The Hall–Kier alpha value is -1.23. The van der Waals surface area contributed by atoms with E-state index >= 15 is 0 Å². The van der Waals surface area contributed by atoms with E-state index in [4.69, 9.17) is 28.0 Å². The van der Waals surface area contributed by atoms with Gasteiger partial charge in [-0.05, 0) is 18.6 Å². The lowest BCUT2D eigenvalue weighted by molar-refractivity contribution is -0.155. The number of rotatable bonds is 5. The number of carbonyl (C=O) groups excluding carboxylic acids is 1. The molecule has 27 heavy (non-hydrogen) atoms. The van der Waals surface area contributed by atoms with Gasteiger partial charge in [0.05, 0.1) is 21.6 Å². The van der Waals surface area contributed by atoms with Gasteiger partial charge < -0.3 is 4.84 Å². The minimum atomic E-state index is -3.87. The van der Waals surface area contributed by atoms with Crippen molar-refractivity contribution in [1.82, 2.24) is 14.4 Å². The molecule has 1 aromatic heterocycles. The summed E-state index contributed by atoms with van der Waals surface area (Å²) >= 11 is 13.5. The van der Waals surface area contributed by atoms with Crippen LogP contribution in [0.2, 0.25) is 10.0 Å². The zero-order valence-electron chi connectivity index (χ0n) is 14.3. The SMILES string of the molecule is CCC1CN(S(=O)(=O)c2c(Cl)cccc2Cl)CCN1OC(=O)c1cscn1. The summed E-state index contributed by atoms with van der Waals surface area (Å²) in [5, 5.41) is 3.27. The molecule has 1 saturated heterocycles. The number of nitrogens with zero attached hydrogens (tertiary/aromatic N) is 3. The Kier molecular flexibility index (Phi) is 6.39. The van der Waals surface area contributed by atoms with Crippen LogP contribution in [0.5, 0.6) is 0 Å². The van der Waals surface area contributed by atoms with Gasteiger partial charge in [-0.25, -0.2) is 18.2 Å². The summed E-state index contributed by atoms with van der Waals surface area (Å²) in [6, 6.07) is 4.28. The summed E-state index contributed by atoms with van der Waals surface area (Å²) in [7, 11) is -3.87. The van der Waals surface area contributed by atoms with E-state index in [2.05, 4.69) is 4.98 Å². The summed E-state index contributed by atoms with van der Waals surface area (Å²) in [6.45, 7) is 2.43. The molecule has 2 aromatic rings. The molecule has 3 rings (SSSR count). The van der Waals surface area contributed by atoms with E-state index in [1.807, 2.05) is 6.92 Å². The van der Waals surface area contributed by atoms with E-state index < -0.39 is 16.0 Å². The number of sulfonamides is 1. The lowest BCUT2D eigenvalue weighted by Crippen LogP contribution is -2.54. The van der Waals surface area contributed by atoms with Crippen LogP contribution in [0.25, 0.3) is 0 Å². The van der Waals surface area contributed by atoms with Gasteiger partial charge in [-0.15, -0.1) is 16.4 Å². The Morgan fingerprint density at radius 3 is 2.63 bits per heavy atom. The van der Waals surface area contributed by atoms with E-state index in [0.717, 1.165) is 0 Å². The standard InChI is InChI=1S/C16H17Cl2N3O4S2/c1-2-11-8-20(27(23,24)15-12(17)4-3-5-13(15)18)6-7-21(11)25-16(22)14-9-26-10-19-14/h3-5,9-11H,2,6-8H2,1H3. The molecule has 146 valence electrons. The maximum Gasteiger partial charge on any atom is 0.376 e. The predicted molar refractivity (Wildman–Crippen MR) is 104 cm³/mol. The fraction of sp³-hybridized carbons (Fsp3) is 0.375. The minimum absolute atomic E-state index is 0.0768. The highest BCUT2D eigenvalue weighted by Gasteiger charge is 2.37. The Balaban J connectivity index is 1.77. The second kappa shape index (κ2) is 8.42. The average molecular weight is 450 g/mol. The van der Waals surface area contributed by atoms with Crippen molar-refractivity contribution in [2.75, 3.05) is 19.6 Å². The van der Waals surface area contributed by atoms with E-state index in [9.17, 15) is 13.2 Å². The van der Waals surface area contributed by atoms with Crippen molar-refractivity contribution >= 4 is 50.5 Å². The largest absolute Gasteiger partial charge is 0.376 e. The van der Waals surface area contributed by atoms with Crippen LogP contribution in [-0.4, -0.2) is 54.4 Å². The fourth-order valence-electron chi connectivity index (χ4n) is 2.81. The van der Waals surface area contributed by atoms with E-state index in [0.29, 0.717) is 6.42 Å². The summed E-state index contributed by atoms with van der Waals surface area (Å²) in [5.41, 5.74) is 1.78. The first-order chi connectivity index (χ1) is 12.8. The van der Waals surface area contributed by atoms with Gasteiger partial charge in [-0.1, -0.05) is 36.2 Å². The van der Waals surface area contributed by atoms with Crippen LogP contribution >= 0.6 is 34.5 Å². The van der Waals surface area contributed by atoms with Gasteiger partial charge in [0.2, 0.25) is 10.0 Å². The van der Waals surface area contributed by atoms with Gasteiger partial charge in [0.25, 0.3) is 0 Å². The van der Waals surface area contributed by atoms with Gasteiger partial charge in [-0.2, -0.15) is 4.31 Å². The first-order valence-corrected chi connectivity index (χ1v) is 11.3. The van der Waals surface area contributed by atoms with Crippen LogP contribution in [0.3, 0.4) is 0 Å². The normalized spacial score (nSPS) is 19.1. The third-order valence-corrected chi connectivity index (χ3v) is 7.63. The fourth-order valence-corrected chi connectivity index (χ4v) is 5.89. The number of aromatic nitrogens is 1. The van der Waals surface area contributed by atoms with Crippen LogP contribution < -0.4 is 0 Å². The van der Waals surface area contributed by atoms with E-state index in [-0.39, 0.29) is 46.3 Å². The first kappa shape index (κ1) is 20.5. The molecular formula is C16H17Cl2N3O4S2. The third-order valence-electron chi connectivity index (χ3n) is 4.22. The molecule has 2 heterocycles. The van der Waals surface area contributed by atoms with Crippen molar-refractivity contribution in [2.24, 2.45) is 0 Å². The highest BCUT2D eigenvalue weighted by atomic mass is 35.5. The maximum absolute atomic E-state index is 13.0. The van der Waals surface area contributed by atoms with Crippen LogP contribution in [0.15, 0.2) is 34.0 Å². The molecular weight excluding hydrogens is 433 g/mol. The highest BCUT2D eigenvalue weighted by Crippen LogP contribution is 2.32. The molecule has 0 saturated carbocycles. The molecule has 1 unspecified atom stereocenters. The van der Waals surface area contributed by atoms with Gasteiger partial charge in [0.1, 0.15) is 4.90 Å². The van der Waals surface area contributed by atoms with Crippen molar-refractivity contribution < 1.29 is 18.0 Å². The molecule has 0 aliphatic carbocycles. The number of piperazine rings is 1. The van der Waals surface area contributed by atoms with E-state index in [1.54, 1.807) is 17.0 Å². The van der Waals surface area contributed by atoms with Crippen molar-refractivity contribution in [1.29, 1.82) is 0 Å². The van der Waals surface area contributed by atoms with Gasteiger partial charge >= 0.3 is 5.97 Å². The van der Waals surface area contributed by atoms with Crippen LogP contribution in [0.4, 0.5) is 0 Å². The van der Waals surface area contributed by atoms with Gasteiger partial charge in [0.15, 0.2) is 5.69 Å². The number of benzene rings is 1. The lowest BCUT2D eigenvalue weighted by Gasteiger charge is -2.38. The molecule has 0 spiro atoms. The second-order valence-electron chi connectivity index (χ2n) is 5.87. The zero-order valence-corrected chi connectivity index (χ0v) is 17.5. The third kappa shape index (κ3) is 4.28. The number of carbonyl (C=O) groups is 1. The topological polar surface area (TPSA) is 79.8 Å². The quantitative estimate of drug-likeness (QED) is 0.696. The van der Waals surface area contributed by atoms with Crippen molar-refractivity contribution in [3.63, 3.8) is 0 Å². The lowest BCUT2D eigenvalue weighted by atomic mass is 10.2. The van der Waals surface area contributed by atoms with Crippen molar-refractivity contribution in [3.8, 4) is 0 Å². The summed E-state index contributed by atoms with van der Waals surface area (Å²) in [5.74, 6) is -0.555. The van der Waals surface area contributed by atoms with Crippen LogP contribution in [-0.2, 0) is 14.9 Å². The molecule has 0 radical (unpaired) electrons. The van der Waals surface area contributed by atoms with Gasteiger partial charge in [-0.3, -0.25) is 0 Å². The molecule has 0 bridgehead atoms. The minimum Gasteiger partial charge on any atom is -0.362 e. The Morgan fingerprint density at radius 2 is 2.04 bits per heavy atom. The Labute approximate surface area is 171 Å². The number of hydrogen-bond donors (Lipinski definition) is 0. The summed E-state index contributed by atoms with van der Waals surface area (Å²) in [4.78, 5) is 21.4. The van der Waals surface area contributed by atoms with Gasteiger partial charge in [0, 0.05) is 25.0 Å². The number of hydroxylamine groups is 2. The summed E-state index contributed by atoms with van der Waals surface area (Å²) < 4.78 is 27.4. The predicted octanol–water partition coefficient (Wildman–Crippen LogP) is 3.31. The molecule has 0 amide bonds. The maximum atomic E-state index is 13.0. The van der Waals surface area contributed by atoms with Crippen LogP contribution in [0, 0.1) is 0 Å². The molecule has 1 aliphatic heterocycles. The molecule has 7 nitrogen and oxygen atoms in total.